The molecule has 4 atom stereocenters. The van der Waals surface area contributed by atoms with Crippen molar-refractivity contribution in [2.24, 2.45) is 22.7 Å². The number of aliphatic hydroxyl groups is 1. The molecule has 0 radical (unpaired) electrons. The van der Waals surface area contributed by atoms with Gasteiger partial charge in [-0.3, -0.25) is 0 Å². The fourth-order valence-electron chi connectivity index (χ4n) is 6.22. The van der Waals surface area contributed by atoms with Crippen LogP contribution in [-0.2, 0) is 0 Å². The van der Waals surface area contributed by atoms with Gasteiger partial charge in [0.05, 0.1) is 0 Å². The maximum atomic E-state index is 9.39. The van der Waals surface area contributed by atoms with Crippen LogP contribution in [0.2, 0.25) is 0 Å². The second kappa shape index (κ2) is 5.09. The Morgan fingerprint density at radius 3 is 2.77 bits per heavy atom. The van der Waals surface area contributed by atoms with E-state index in [0.717, 1.165) is 12.3 Å². The van der Waals surface area contributed by atoms with Gasteiger partial charge in [0.1, 0.15) is 0 Å². The van der Waals surface area contributed by atoms with Crippen molar-refractivity contribution in [2.75, 3.05) is 6.61 Å². The number of fused-ring (bicyclic) bond motifs is 5. The van der Waals surface area contributed by atoms with E-state index in [1.54, 1.807) is 11.1 Å². The van der Waals surface area contributed by atoms with Gasteiger partial charge in [0.15, 0.2) is 0 Å². The molecule has 1 nitrogen and oxygen atoms in total. The Bertz CT molecular complexity index is 566. The van der Waals surface area contributed by atoms with Gasteiger partial charge in [-0.05, 0) is 67.6 Å². The summed E-state index contributed by atoms with van der Waals surface area (Å²) in [5, 5.41) is 9.39. The van der Waals surface area contributed by atoms with Gasteiger partial charge in [0.25, 0.3) is 0 Å². The van der Waals surface area contributed by atoms with Crippen LogP contribution < -0.4 is 0 Å². The van der Waals surface area contributed by atoms with Crippen molar-refractivity contribution in [3.63, 3.8) is 0 Å². The van der Waals surface area contributed by atoms with Crippen LogP contribution in [0.3, 0.4) is 0 Å². The Labute approximate surface area is 135 Å². The molecule has 0 aliphatic heterocycles. The van der Waals surface area contributed by atoms with Crippen molar-refractivity contribution in [1.29, 1.82) is 0 Å². The lowest BCUT2D eigenvalue weighted by molar-refractivity contribution is 0.108. The summed E-state index contributed by atoms with van der Waals surface area (Å²) in [6.07, 6.45) is 17.7. The SMILES string of the molecule is C[C@]12CCCCC1=CC=C1[C@H]3CC=C(CCO)[C@@]3(C)CC[C@@H]12. The third-order valence-electron chi connectivity index (χ3n) is 7.61. The molecule has 4 aliphatic rings. The molecule has 0 unspecified atom stereocenters. The quantitative estimate of drug-likeness (QED) is 0.697. The molecule has 2 saturated carbocycles. The number of allylic oxidation sites excluding steroid dienone is 5. The number of rotatable bonds is 2. The van der Waals surface area contributed by atoms with E-state index in [2.05, 4.69) is 32.1 Å². The molecule has 1 N–H and O–H groups in total. The average Bonchev–Trinajstić information content (AvgIpc) is 2.84. The van der Waals surface area contributed by atoms with E-state index in [-0.39, 0.29) is 0 Å². The molecular formula is C21H30O. The fourth-order valence-corrected chi connectivity index (χ4v) is 6.22. The van der Waals surface area contributed by atoms with Crippen LogP contribution in [0.5, 0.6) is 0 Å². The van der Waals surface area contributed by atoms with E-state index >= 15 is 0 Å². The van der Waals surface area contributed by atoms with Gasteiger partial charge in [-0.15, -0.1) is 0 Å². The molecular weight excluding hydrogens is 268 g/mol. The van der Waals surface area contributed by atoms with Crippen molar-refractivity contribution in [2.45, 2.75) is 65.2 Å². The molecule has 0 aromatic heterocycles. The molecule has 0 aromatic rings. The molecule has 0 saturated heterocycles. The summed E-state index contributed by atoms with van der Waals surface area (Å²) < 4.78 is 0. The van der Waals surface area contributed by atoms with Crippen LogP contribution in [0.25, 0.3) is 0 Å². The zero-order valence-electron chi connectivity index (χ0n) is 14.2. The lowest BCUT2D eigenvalue weighted by Gasteiger charge is -2.54. The normalized spacial score (nSPS) is 43.5. The molecule has 2 fully saturated rings. The highest BCUT2D eigenvalue weighted by Crippen LogP contribution is 2.63. The van der Waals surface area contributed by atoms with E-state index in [9.17, 15) is 5.11 Å². The van der Waals surface area contributed by atoms with Gasteiger partial charge in [0, 0.05) is 6.61 Å². The smallest absolute Gasteiger partial charge is 0.0468 e. The highest BCUT2D eigenvalue weighted by molar-refractivity contribution is 5.41. The highest BCUT2D eigenvalue weighted by Gasteiger charge is 2.53. The first-order valence-electron chi connectivity index (χ1n) is 9.31. The Hall–Kier alpha value is -0.820. The second-order valence-corrected chi connectivity index (χ2v) is 8.48. The lowest BCUT2D eigenvalue weighted by Crippen LogP contribution is -2.44. The largest absolute Gasteiger partial charge is 0.396 e. The Morgan fingerprint density at radius 1 is 1.09 bits per heavy atom. The number of hydrogen-bond acceptors (Lipinski definition) is 1. The molecule has 4 aliphatic carbocycles. The third-order valence-corrected chi connectivity index (χ3v) is 7.61. The summed E-state index contributed by atoms with van der Waals surface area (Å²) in [6, 6.07) is 0. The molecule has 0 bridgehead atoms. The van der Waals surface area contributed by atoms with Crippen molar-refractivity contribution in [3.8, 4) is 0 Å². The van der Waals surface area contributed by atoms with Crippen LogP contribution in [0.4, 0.5) is 0 Å². The molecule has 0 aromatic carbocycles. The first-order valence-corrected chi connectivity index (χ1v) is 9.31. The average molecular weight is 298 g/mol. The molecule has 0 spiro atoms. The molecule has 1 heteroatoms. The summed E-state index contributed by atoms with van der Waals surface area (Å²) in [5.74, 6) is 1.48. The second-order valence-electron chi connectivity index (χ2n) is 8.48. The molecule has 0 amide bonds. The van der Waals surface area contributed by atoms with E-state index < -0.39 is 0 Å². The summed E-state index contributed by atoms with van der Waals surface area (Å²) in [6.45, 7) is 5.32. The van der Waals surface area contributed by atoms with E-state index in [4.69, 9.17) is 0 Å². The van der Waals surface area contributed by atoms with Crippen molar-refractivity contribution in [3.05, 3.63) is 34.9 Å². The van der Waals surface area contributed by atoms with Crippen LogP contribution in [-0.4, -0.2) is 11.7 Å². The monoisotopic (exact) mass is 298 g/mol. The maximum Gasteiger partial charge on any atom is 0.0468 e. The van der Waals surface area contributed by atoms with Gasteiger partial charge >= 0.3 is 0 Å². The summed E-state index contributed by atoms with van der Waals surface area (Å²) >= 11 is 0. The minimum atomic E-state index is 0.304. The van der Waals surface area contributed by atoms with Gasteiger partial charge in [-0.2, -0.15) is 0 Å². The molecule has 4 rings (SSSR count). The van der Waals surface area contributed by atoms with E-state index in [1.807, 2.05) is 0 Å². The maximum absolute atomic E-state index is 9.39. The van der Waals surface area contributed by atoms with Crippen LogP contribution in [0, 0.1) is 22.7 Å². The van der Waals surface area contributed by atoms with E-state index in [1.165, 1.54) is 50.5 Å². The fraction of sp³-hybridized carbons (Fsp3) is 0.714. The zero-order chi connectivity index (χ0) is 15.4. The van der Waals surface area contributed by atoms with E-state index in [0.29, 0.717) is 23.4 Å². The predicted octanol–water partition coefficient (Wildman–Crippen LogP) is 5.18. The van der Waals surface area contributed by atoms with Gasteiger partial charge in [-0.25, -0.2) is 0 Å². The van der Waals surface area contributed by atoms with Gasteiger partial charge in [0.2, 0.25) is 0 Å². The standard InChI is InChI=1S/C21H30O/c1-20-12-4-3-5-15(20)6-8-17-18-9-7-16(11-14-22)21(18,2)13-10-19(17)20/h6-8,18-19,22H,3-5,9-14H2,1-2H3/t18-,19+,20+,21-/m1/s1. The first-order chi connectivity index (χ1) is 10.6. The highest BCUT2D eigenvalue weighted by atomic mass is 16.3. The third kappa shape index (κ3) is 1.87. The lowest BCUT2D eigenvalue weighted by atomic mass is 9.50. The minimum Gasteiger partial charge on any atom is -0.396 e. The summed E-state index contributed by atoms with van der Waals surface area (Å²) in [7, 11) is 0. The Balaban J connectivity index is 1.70. The van der Waals surface area contributed by atoms with Gasteiger partial charge in [-0.1, -0.05) is 55.2 Å². The van der Waals surface area contributed by atoms with Crippen LogP contribution in [0.15, 0.2) is 34.9 Å². The first kappa shape index (κ1) is 14.8. The topological polar surface area (TPSA) is 20.2 Å². The zero-order valence-corrected chi connectivity index (χ0v) is 14.2. The van der Waals surface area contributed by atoms with Crippen LogP contribution in [0.1, 0.15) is 65.2 Å². The van der Waals surface area contributed by atoms with Crippen LogP contribution >= 0.6 is 0 Å². The number of hydrogen-bond donors (Lipinski definition) is 1. The molecule has 0 heterocycles. The number of aliphatic hydroxyl groups excluding tert-OH is 1. The predicted molar refractivity (Wildman–Crippen MR) is 91.5 cm³/mol. The van der Waals surface area contributed by atoms with Gasteiger partial charge < -0.3 is 5.11 Å². The van der Waals surface area contributed by atoms with Crippen molar-refractivity contribution in [1.82, 2.24) is 0 Å². The van der Waals surface area contributed by atoms with Crippen molar-refractivity contribution >= 4 is 0 Å². The Morgan fingerprint density at radius 2 is 1.95 bits per heavy atom. The molecule has 120 valence electrons. The molecule has 22 heavy (non-hydrogen) atoms. The minimum absolute atomic E-state index is 0.304. The summed E-state index contributed by atoms with van der Waals surface area (Å²) in [5.41, 5.74) is 5.77. The summed E-state index contributed by atoms with van der Waals surface area (Å²) in [4.78, 5) is 0. The Kier molecular flexibility index (Phi) is 3.41. The van der Waals surface area contributed by atoms with Crippen molar-refractivity contribution < 1.29 is 5.11 Å².